The van der Waals surface area contributed by atoms with E-state index in [1.807, 2.05) is 20.3 Å². The molecule has 0 saturated carbocycles. The number of hydrogen-bond donors (Lipinski definition) is 1. The van der Waals surface area contributed by atoms with Gasteiger partial charge in [-0.1, -0.05) is 12.1 Å². The number of rotatable bonds is 5. The van der Waals surface area contributed by atoms with Crippen LogP contribution in [0.4, 0.5) is 0 Å². The number of aryl methyl sites for hydroxylation is 2. The molecule has 0 aliphatic rings. The topological polar surface area (TPSA) is 68.8 Å². The van der Waals surface area contributed by atoms with E-state index in [1.165, 1.54) is 0 Å². The van der Waals surface area contributed by atoms with Crippen molar-refractivity contribution in [2.75, 3.05) is 13.6 Å². The first-order chi connectivity index (χ1) is 8.24. The third kappa shape index (κ3) is 2.52. The number of nitrogens with zero attached hydrogens (tertiary/aromatic N) is 4. The molecular weight excluding hydrogens is 218 g/mol. The predicted octanol–water partition coefficient (Wildman–Crippen LogP) is 0.794. The predicted molar refractivity (Wildman–Crippen MR) is 63.5 cm³/mol. The van der Waals surface area contributed by atoms with Crippen LogP contribution in [0, 0.1) is 0 Å². The van der Waals surface area contributed by atoms with E-state index in [0.29, 0.717) is 5.89 Å². The molecule has 92 valence electrons. The van der Waals surface area contributed by atoms with Crippen molar-refractivity contribution in [3.8, 4) is 11.5 Å². The van der Waals surface area contributed by atoms with Gasteiger partial charge in [0, 0.05) is 26.2 Å². The zero-order valence-corrected chi connectivity index (χ0v) is 10.4. The van der Waals surface area contributed by atoms with Gasteiger partial charge in [-0.25, -0.2) is 0 Å². The number of nitrogens with one attached hydrogen (secondary N) is 1. The van der Waals surface area contributed by atoms with Crippen molar-refractivity contribution in [3.05, 3.63) is 17.7 Å². The second-order valence-electron chi connectivity index (χ2n) is 3.89. The second-order valence-corrected chi connectivity index (χ2v) is 3.89. The van der Waals surface area contributed by atoms with Gasteiger partial charge in [-0.15, -0.1) is 0 Å². The Labute approximate surface area is 100 Å². The van der Waals surface area contributed by atoms with Crippen molar-refractivity contribution in [2.24, 2.45) is 7.05 Å². The summed E-state index contributed by atoms with van der Waals surface area (Å²) in [6, 6.07) is 0. The number of hydrogen-bond acceptors (Lipinski definition) is 5. The summed E-state index contributed by atoms with van der Waals surface area (Å²) in [6.45, 7) is 2.90. The van der Waals surface area contributed by atoms with Gasteiger partial charge in [0.15, 0.2) is 5.82 Å². The maximum absolute atomic E-state index is 5.26. The summed E-state index contributed by atoms with van der Waals surface area (Å²) in [5.74, 6) is 1.28. The fraction of sp³-hybridized carbons (Fsp3) is 0.545. The molecule has 0 fully saturated rings. The Kier molecular flexibility index (Phi) is 3.53. The molecule has 0 bridgehead atoms. The molecule has 6 heteroatoms. The van der Waals surface area contributed by atoms with Gasteiger partial charge in [-0.3, -0.25) is 4.68 Å². The van der Waals surface area contributed by atoms with E-state index in [2.05, 4.69) is 27.5 Å². The molecule has 1 N–H and O–H groups in total. The Hall–Kier alpha value is -1.69. The molecule has 0 saturated heterocycles. The standard InChI is InChI=1S/C11H17N5O/c1-4-9-8(7-16(3)14-9)11-13-10(15-17-11)5-6-12-2/h7,12H,4-6H2,1-3H3. The normalized spacial score (nSPS) is 11.0. The number of likely N-dealkylation sites (N-methyl/N-ethyl adjacent to an activating group) is 1. The molecule has 2 rings (SSSR count). The molecule has 0 amide bonds. The van der Waals surface area contributed by atoms with Crippen LogP contribution in [0.25, 0.3) is 11.5 Å². The molecule has 6 nitrogen and oxygen atoms in total. The van der Waals surface area contributed by atoms with E-state index in [0.717, 1.165) is 36.5 Å². The van der Waals surface area contributed by atoms with Crippen LogP contribution in [-0.4, -0.2) is 33.5 Å². The highest BCUT2D eigenvalue weighted by molar-refractivity contribution is 5.55. The summed E-state index contributed by atoms with van der Waals surface area (Å²) in [5, 5.41) is 11.4. The van der Waals surface area contributed by atoms with E-state index < -0.39 is 0 Å². The summed E-state index contributed by atoms with van der Waals surface area (Å²) in [5.41, 5.74) is 1.91. The molecule has 0 atom stereocenters. The molecule has 0 aliphatic carbocycles. The maximum atomic E-state index is 5.26. The minimum absolute atomic E-state index is 0.557. The summed E-state index contributed by atoms with van der Waals surface area (Å²) in [6.07, 6.45) is 3.53. The van der Waals surface area contributed by atoms with Gasteiger partial charge in [0.1, 0.15) is 0 Å². The first-order valence-corrected chi connectivity index (χ1v) is 5.74. The van der Waals surface area contributed by atoms with E-state index in [4.69, 9.17) is 4.52 Å². The summed E-state index contributed by atoms with van der Waals surface area (Å²) < 4.78 is 7.03. The SMILES string of the molecule is CCc1nn(C)cc1-c1nc(CCNC)no1. The van der Waals surface area contributed by atoms with Crippen LogP contribution < -0.4 is 5.32 Å². The zero-order valence-electron chi connectivity index (χ0n) is 10.4. The van der Waals surface area contributed by atoms with E-state index in [9.17, 15) is 0 Å². The monoisotopic (exact) mass is 235 g/mol. The van der Waals surface area contributed by atoms with Gasteiger partial charge in [0.05, 0.1) is 11.3 Å². The van der Waals surface area contributed by atoms with Crippen LogP contribution in [0.5, 0.6) is 0 Å². The average molecular weight is 235 g/mol. The third-order valence-corrected chi connectivity index (χ3v) is 2.54. The number of aromatic nitrogens is 4. The highest BCUT2D eigenvalue weighted by atomic mass is 16.5. The lowest BCUT2D eigenvalue weighted by molar-refractivity contribution is 0.421. The van der Waals surface area contributed by atoms with Gasteiger partial charge < -0.3 is 9.84 Å². The van der Waals surface area contributed by atoms with E-state index in [-0.39, 0.29) is 0 Å². The highest BCUT2D eigenvalue weighted by Crippen LogP contribution is 2.21. The average Bonchev–Trinajstić information content (AvgIpc) is 2.92. The largest absolute Gasteiger partial charge is 0.334 e. The molecule has 2 aromatic rings. The molecule has 2 aromatic heterocycles. The molecule has 0 aliphatic heterocycles. The van der Waals surface area contributed by atoms with Crippen molar-refractivity contribution < 1.29 is 4.52 Å². The molecule has 17 heavy (non-hydrogen) atoms. The van der Waals surface area contributed by atoms with Crippen LogP contribution in [0.3, 0.4) is 0 Å². The van der Waals surface area contributed by atoms with Gasteiger partial charge in [-0.2, -0.15) is 10.1 Å². The first-order valence-electron chi connectivity index (χ1n) is 5.74. The molecule has 2 heterocycles. The van der Waals surface area contributed by atoms with Crippen molar-refractivity contribution >= 4 is 0 Å². The summed E-state index contributed by atoms with van der Waals surface area (Å²) >= 11 is 0. The van der Waals surface area contributed by atoms with Crippen LogP contribution in [0.2, 0.25) is 0 Å². The second kappa shape index (κ2) is 5.09. The van der Waals surface area contributed by atoms with Crippen LogP contribution in [0.15, 0.2) is 10.7 Å². The lowest BCUT2D eigenvalue weighted by atomic mass is 10.2. The van der Waals surface area contributed by atoms with Gasteiger partial charge >= 0.3 is 0 Å². The minimum Gasteiger partial charge on any atom is -0.334 e. The Bertz CT molecular complexity index is 488. The van der Waals surface area contributed by atoms with Gasteiger partial charge in [-0.05, 0) is 13.5 Å². The Balaban J connectivity index is 2.23. The minimum atomic E-state index is 0.557. The molecular formula is C11H17N5O. The molecule has 0 aromatic carbocycles. The summed E-state index contributed by atoms with van der Waals surface area (Å²) in [4.78, 5) is 4.37. The molecule has 0 unspecified atom stereocenters. The fourth-order valence-corrected chi connectivity index (χ4v) is 1.68. The Morgan fingerprint density at radius 3 is 3.00 bits per heavy atom. The summed E-state index contributed by atoms with van der Waals surface area (Å²) in [7, 11) is 3.79. The lowest BCUT2D eigenvalue weighted by Gasteiger charge is -1.92. The Morgan fingerprint density at radius 2 is 2.29 bits per heavy atom. The van der Waals surface area contributed by atoms with Crippen LogP contribution >= 0.6 is 0 Å². The quantitative estimate of drug-likeness (QED) is 0.830. The van der Waals surface area contributed by atoms with Gasteiger partial charge in [0.2, 0.25) is 0 Å². The van der Waals surface area contributed by atoms with Crippen molar-refractivity contribution in [2.45, 2.75) is 19.8 Å². The highest BCUT2D eigenvalue weighted by Gasteiger charge is 2.15. The van der Waals surface area contributed by atoms with E-state index in [1.54, 1.807) is 4.68 Å². The third-order valence-electron chi connectivity index (χ3n) is 2.54. The van der Waals surface area contributed by atoms with Crippen molar-refractivity contribution in [1.29, 1.82) is 0 Å². The van der Waals surface area contributed by atoms with Gasteiger partial charge in [0.25, 0.3) is 5.89 Å². The van der Waals surface area contributed by atoms with Crippen LogP contribution in [0.1, 0.15) is 18.4 Å². The first kappa shape index (κ1) is 11.8. The van der Waals surface area contributed by atoms with Crippen molar-refractivity contribution in [3.63, 3.8) is 0 Å². The maximum Gasteiger partial charge on any atom is 0.261 e. The smallest absolute Gasteiger partial charge is 0.261 e. The van der Waals surface area contributed by atoms with E-state index >= 15 is 0 Å². The lowest BCUT2D eigenvalue weighted by Crippen LogP contribution is -2.11. The van der Waals surface area contributed by atoms with Crippen molar-refractivity contribution in [1.82, 2.24) is 25.2 Å². The molecule has 0 radical (unpaired) electrons. The fourth-order valence-electron chi connectivity index (χ4n) is 1.68. The van der Waals surface area contributed by atoms with Crippen LogP contribution in [-0.2, 0) is 19.9 Å². The Morgan fingerprint density at radius 1 is 1.47 bits per heavy atom. The zero-order chi connectivity index (χ0) is 12.3. The molecule has 0 spiro atoms.